The second-order valence-corrected chi connectivity index (χ2v) is 4.24. The van der Waals surface area contributed by atoms with Crippen molar-refractivity contribution >= 4 is 5.52 Å². The van der Waals surface area contributed by atoms with Gasteiger partial charge in [-0.3, -0.25) is 0 Å². The average Bonchev–Trinajstić information content (AvgIpc) is 2.40. The Bertz CT molecular complexity index is 511. The van der Waals surface area contributed by atoms with Crippen LogP contribution in [0.25, 0.3) is 5.52 Å². The minimum absolute atomic E-state index is 0.451. The first-order valence-electron chi connectivity index (χ1n) is 5.21. The Morgan fingerprint density at radius 1 is 1.00 bits per heavy atom. The Morgan fingerprint density at radius 2 is 1.67 bits per heavy atom. The minimum atomic E-state index is 0.451. The van der Waals surface area contributed by atoms with Crippen molar-refractivity contribution in [2.24, 2.45) is 0 Å². The monoisotopic (exact) mass is 204 g/mol. The minimum Gasteiger partial charge on any atom is -0.234 e. The van der Waals surface area contributed by atoms with E-state index in [1.165, 1.54) is 5.56 Å². The first-order valence-corrected chi connectivity index (χ1v) is 5.21. The third-order valence-corrected chi connectivity index (χ3v) is 2.58. The number of rotatable bonds is 1. The number of fused-ring (bicyclic) bond motifs is 1. The van der Waals surface area contributed by atoms with Crippen LogP contribution >= 0.6 is 0 Å². The van der Waals surface area contributed by atoms with E-state index in [4.69, 9.17) is 0 Å². The molecule has 0 aromatic carbocycles. The van der Waals surface area contributed by atoms with Crippen molar-refractivity contribution in [3.63, 3.8) is 0 Å². The highest BCUT2D eigenvalue weighted by Crippen LogP contribution is 2.24. The smallest absolute Gasteiger partial charge is 0.148 e. The van der Waals surface area contributed by atoms with E-state index in [1.54, 1.807) is 4.63 Å². The van der Waals surface area contributed by atoms with Gasteiger partial charge in [-0.15, -0.1) is 9.73 Å². The van der Waals surface area contributed by atoms with Crippen LogP contribution in [0.3, 0.4) is 0 Å². The summed E-state index contributed by atoms with van der Waals surface area (Å²) in [5, 5.41) is 8.72. The lowest BCUT2D eigenvalue weighted by Gasteiger charge is -2.05. The van der Waals surface area contributed by atoms with Crippen molar-refractivity contribution in [2.75, 3.05) is 0 Å². The Labute approximate surface area is 89.3 Å². The van der Waals surface area contributed by atoms with E-state index in [9.17, 15) is 0 Å². The first-order chi connectivity index (χ1) is 7.00. The molecule has 2 aromatic rings. The maximum absolute atomic E-state index is 4.42. The number of nitrogens with zero attached hydrogens (tertiary/aromatic N) is 4. The molecule has 0 N–H and O–H groups in total. The maximum Gasteiger partial charge on any atom is 0.148 e. The van der Waals surface area contributed by atoms with Crippen molar-refractivity contribution in [1.29, 1.82) is 0 Å². The van der Waals surface area contributed by atoms with Crippen LogP contribution in [0.15, 0.2) is 0 Å². The van der Waals surface area contributed by atoms with E-state index in [0.717, 1.165) is 22.7 Å². The number of aryl methyl sites for hydroxylation is 3. The summed E-state index contributed by atoms with van der Waals surface area (Å²) in [7, 11) is 0. The molecule has 15 heavy (non-hydrogen) atoms. The highest BCUT2D eigenvalue weighted by atomic mass is 15.4. The number of aromatic nitrogens is 4. The van der Waals surface area contributed by atoms with Gasteiger partial charge >= 0.3 is 0 Å². The summed E-state index contributed by atoms with van der Waals surface area (Å²) in [5.41, 5.74) is 4.38. The van der Waals surface area contributed by atoms with Gasteiger partial charge in [-0.1, -0.05) is 13.8 Å². The zero-order chi connectivity index (χ0) is 11.2. The molecular weight excluding hydrogens is 188 g/mol. The molecule has 0 aliphatic rings. The highest BCUT2D eigenvalue weighted by Gasteiger charge is 2.16. The molecule has 0 unspecified atom stereocenters. The van der Waals surface area contributed by atoms with E-state index in [1.807, 2.05) is 20.8 Å². The van der Waals surface area contributed by atoms with Crippen LogP contribution < -0.4 is 0 Å². The van der Waals surface area contributed by atoms with Crippen molar-refractivity contribution in [1.82, 2.24) is 19.8 Å². The summed E-state index contributed by atoms with van der Waals surface area (Å²) in [6.07, 6.45) is 0. The molecule has 4 nitrogen and oxygen atoms in total. The highest BCUT2D eigenvalue weighted by molar-refractivity contribution is 5.60. The summed E-state index contributed by atoms with van der Waals surface area (Å²) < 4.78 is 1.71. The van der Waals surface area contributed by atoms with E-state index in [0.29, 0.717) is 5.92 Å². The van der Waals surface area contributed by atoms with E-state index in [2.05, 4.69) is 29.0 Å². The van der Waals surface area contributed by atoms with Gasteiger partial charge in [0, 0.05) is 5.56 Å². The van der Waals surface area contributed by atoms with Crippen LogP contribution in [0.4, 0.5) is 0 Å². The van der Waals surface area contributed by atoms with Gasteiger partial charge in [0.15, 0.2) is 0 Å². The molecule has 2 rings (SSSR count). The lowest BCUT2D eigenvalue weighted by molar-refractivity contribution is 0.739. The first kappa shape index (κ1) is 10.1. The van der Waals surface area contributed by atoms with Gasteiger partial charge in [-0.2, -0.15) is 5.10 Å². The second-order valence-electron chi connectivity index (χ2n) is 4.24. The van der Waals surface area contributed by atoms with Crippen molar-refractivity contribution in [3.05, 3.63) is 22.8 Å². The van der Waals surface area contributed by atoms with Gasteiger partial charge in [0.1, 0.15) is 11.3 Å². The van der Waals surface area contributed by atoms with E-state index < -0.39 is 0 Å². The maximum atomic E-state index is 4.42. The molecule has 0 aliphatic carbocycles. The Hall–Kier alpha value is -1.45. The van der Waals surface area contributed by atoms with Crippen molar-refractivity contribution in [2.45, 2.75) is 40.5 Å². The van der Waals surface area contributed by atoms with E-state index in [-0.39, 0.29) is 0 Å². The van der Waals surface area contributed by atoms with Gasteiger partial charge in [0.05, 0.1) is 11.4 Å². The molecule has 0 saturated heterocycles. The zero-order valence-corrected chi connectivity index (χ0v) is 9.87. The van der Waals surface area contributed by atoms with Gasteiger partial charge in [-0.25, -0.2) is 4.98 Å². The van der Waals surface area contributed by atoms with Gasteiger partial charge in [0.25, 0.3) is 0 Å². The standard InChI is InChI=1S/C11H16N4/c1-6(2)10-7(3)13-15-11(10)8(4)12-9(5)14-15/h6H,1-5H3. The Balaban J connectivity index is 2.87. The van der Waals surface area contributed by atoms with Crippen molar-refractivity contribution in [3.8, 4) is 0 Å². The predicted octanol–water partition coefficient (Wildman–Crippen LogP) is 2.17. The van der Waals surface area contributed by atoms with E-state index >= 15 is 0 Å². The molecule has 0 amide bonds. The van der Waals surface area contributed by atoms with Crippen LogP contribution in [-0.4, -0.2) is 19.8 Å². The van der Waals surface area contributed by atoms with Crippen LogP contribution in [0.5, 0.6) is 0 Å². The fourth-order valence-corrected chi connectivity index (χ4v) is 2.08. The third kappa shape index (κ3) is 1.50. The third-order valence-electron chi connectivity index (χ3n) is 2.58. The molecule has 80 valence electrons. The lowest BCUT2D eigenvalue weighted by Crippen LogP contribution is -2.02. The Morgan fingerprint density at radius 3 is 2.27 bits per heavy atom. The average molecular weight is 204 g/mol. The summed E-state index contributed by atoms with van der Waals surface area (Å²) in [6, 6.07) is 0. The predicted molar refractivity (Wildman–Crippen MR) is 59.1 cm³/mol. The van der Waals surface area contributed by atoms with Crippen LogP contribution in [-0.2, 0) is 0 Å². The molecule has 0 atom stereocenters. The quantitative estimate of drug-likeness (QED) is 0.715. The molecule has 0 bridgehead atoms. The van der Waals surface area contributed by atoms with Crippen LogP contribution in [0.1, 0.15) is 42.5 Å². The molecule has 2 aromatic heterocycles. The fraction of sp³-hybridized carbons (Fsp3) is 0.545. The summed E-state index contributed by atoms with van der Waals surface area (Å²) >= 11 is 0. The zero-order valence-electron chi connectivity index (χ0n) is 9.87. The van der Waals surface area contributed by atoms with Gasteiger partial charge in [-0.05, 0) is 26.7 Å². The summed E-state index contributed by atoms with van der Waals surface area (Å²) in [5.74, 6) is 1.21. The topological polar surface area (TPSA) is 43.1 Å². The molecule has 0 radical (unpaired) electrons. The van der Waals surface area contributed by atoms with Crippen LogP contribution in [0, 0.1) is 20.8 Å². The molecule has 0 aliphatic heterocycles. The molecular formula is C11H16N4. The Kier molecular flexibility index (Phi) is 2.21. The summed E-state index contributed by atoms with van der Waals surface area (Å²) in [6.45, 7) is 10.3. The largest absolute Gasteiger partial charge is 0.234 e. The number of hydrogen-bond donors (Lipinski definition) is 0. The number of hydrogen-bond acceptors (Lipinski definition) is 3. The molecule has 4 heteroatoms. The summed E-state index contributed by atoms with van der Waals surface area (Å²) in [4.78, 5) is 4.39. The van der Waals surface area contributed by atoms with Gasteiger partial charge in [0.2, 0.25) is 0 Å². The van der Waals surface area contributed by atoms with Crippen molar-refractivity contribution < 1.29 is 0 Å². The SMILES string of the molecule is Cc1nc(C)c2c(C(C)C)c(C)nn2n1. The molecule has 0 spiro atoms. The lowest BCUT2D eigenvalue weighted by atomic mass is 10.0. The molecule has 0 saturated carbocycles. The van der Waals surface area contributed by atoms with Crippen LogP contribution in [0.2, 0.25) is 0 Å². The molecule has 0 fully saturated rings. The normalized spacial score (nSPS) is 11.6. The van der Waals surface area contributed by atoms with Gasteiger partial charge < -0.3 is 0 Å². The fourth-order valence-electron chi connectivity index (χ4n) is 2.08. The molecule has 2 heterocycles. The second kappa shape index (κ2) is 3.29.